The second kappa shape index (κ2) is 41.8. The Bertz CT molecular complexity index is 408. The number of hydrogen-bond donors (Lipinski definition) is 0. The summed E-state index contributed by atoms with van der Waals surface area (Å²) in [5.74, 6) is -0.909. The number of unbranched alkanes of at least 4 members (excludes halogenated alkanes) is 23. The summed E-state index contributed by atoms with van der Waals surface area (Å²) < 4.78 is 0. The summed E-state index contributed by atoms with van der Waals surface area (Å²) in [6.45, 7) is 9.18. The van der Waals surface area contributed by atoms with Gasteiger partial charge in [-0.15, -0.1) is 7.92 Å². The Balaban J connectivity index is -0.000000777. The summed E-state index contributed by atoms with van der Waals surface area (Å²) in [5.41, 5.74) is 0. The van der Waals surface area contributed by atoms with E-state index in [1.807, 2.05) is 0 Å². The van der Waals surface area contributed by atoms with Gasteiger partial charge in [-0.05, 0) is 50.6 Å². The van der Waals surface area contributed by atoms with E-state index in [-0.39, 0.29) is 30.3 Å². The van der Waals surface area contributed by atoms with E-state index in [4.69, 9.17) is 0 Å². The molecule has 0 saturated heterocycles. The summed E-state index contributed by atoms with van der Waals surface area (Å²) in [4.78, 5) is 10.1. The van der Waals surface area contributed by atoms with Crippen molar-refractivity contribution in [3.05, 3.63) is 0 Å². The first-order valence-electron chi connectivity index (χ1n) is 18.0. The molecule has 0 aromatic heterocycles. The van der Waals surface area contributed by atoms with Gasteiger partial charge in [0.05, 0.1) is 0 Å². The third-order valence-corrected chi connectivity index (χ3v) is 10.8. The number of carbonyl (C=O) groups is 1. The number of aliphatic carboxylic acids is 1. The van der Waals surface area contributed by atoms with Crippen LogP contribution in [-0.4, -0.2) is 48.4 Å². The number of hydrogen-bond acceptors (Lipinski definition) is 2. The van der Waals surface area contributed by atoms with E-state index in [9.17, 15) is 9.90 Å². The Morgan fingerprint density at radius 3 is 0.875 bits per heavy atom. The number of rotatable bonds is 31. The number of carboxylic acids is 1. The van der Waals surface area contributed by atoms with Crippen LogP contribution in [0.1, 0.15) is 207 Å². The van der Waals surface area contributed by atoms with Crippen LogP contribution in [0.25, 0.3) is 0 Å². The van der Waals surface area contributed by atoms with Gasteiger partial charge in [-0.25, -0.2) is 0 Å². The van der Waals surface area contributed by atoms with Crippen LogP contribution in [0.2, 0.25) is 0 Å². The van der Waals surface area contributed by atoms with Gasteiger partial charge in [0.1, 0.15) is 0 Å². The average Bonchev–Trinajstić information content (AvgIpc) is 2.93. The molecule has 2 nitrogen and oxygen atoms in total. The Labute approximate surface area is 272 Å². The van der Waals surface area contributed by atoms with Crippen molar-refractivity contribution in [2.75, 3.05) is 18.5 Å². The number of carboxylic acid groups (broad SMARTS) is 1. The van der Waals surface area contributed by atoms with Gasteiger partial charge >= 0.3 is 23.9 Å². The van der Waals surface area contributed by atoms with Crippen LogP contribution >= 0.6 is 7.92 Å². The zero-order chi connectivity index (χ0) is 29.1. The maximum atomic E-state index is 10.1. The van der Waals surface area contributed by atoms with Gasteiger partial charge in [-0.3, -0.25) is 0 Å². The van der Waals surface area contributed by atoms with E-state index < -0.39 is 5.97 Å². The fourth-order valence-electron chi connectivity index (χ4n) is 5.26. The van der Waals surface area contributed by atoms with Crippen molar-refractivity contribution in [2.45, 2.75) is 207 Å². The molecule has 0 aliphatic rings. The Morgan fingerprint density at radius 1 is 0.400 bits per heavy atom. The first kappa shape index (κ1) is 45.1. The molecule has 0 N–H and O–H groups in total. The third kappa shape index (κ3) is 43.2. The molecular formula is C36H75O2PSn. The van der Waals surface area contributed by atoms with Crippen molar-refractivity contribution in [1.82, 2.24) is 0 Å². The van der Waals surface area contributed by atoms with Crippen molar-refractivity contribution in [2.24, 2.45) is 0 Å². The molecule has 0 bridgehead atoms. The molecule has 0 fully saturated rings. The van der Waals surface area contributed by atoms with Crippen molar-refractivity contribution in [3.8, 4) is 0 Å². The molecule has 2 radical (unpaired) electrons. The van der Waals surface area contributed by atoms with Gasteiger partial charge in [0.15, 0.2) is 0 Å². The van der Waals surface area contributed by atoms with E-state index in [2.05, 4.69) is 27.7 Å². The van der Waals surface area contributed by atoms with Crippen molar-refractivity contribution in [3.63, 3.8) is 0 Å². The predicted molar refractivity (Wildman–Crippen MR) is 186 cm³/mol. The molecule has 0 atom stereocenters. The standard InChI is InChI=1S/C24H51P.C12H24O2.Sn.H/c1-4-7-10-13-16-19-22-25(23-20-17-14-11-8-5-2)24-21-18-15-12-9-6-3;1-2-3-4-5-6-7-8-9-10-11-12(13)14;;/h4-24H2,1-3H3;2-11H2,1H3,(H,13,14);;/q;;+1;/p-1. The third-order valence-electron chi connectivity index (χ3n) is 7.97. The number of carbonyl (C=O) groups excluding carboxylic acids is 1. The van der Waals surface area contributed by atoms with Crippen LogP contribution in [0.5, 0.6) is 0 Å². The average molecular weight is 690 g/mol. The molecule has 0 heterocycles. The second-order valence-electron chi connectivity index (χ2n) is 12.1. The molecule has 0 amide bonds. The summed E-state index contributed by atoms with van der Waals surface area (Å²) in [5, 5.41) is 10.1. The monoisotopic (exact) mass is 690 g/mol. The second-order valence-corrected chi connectivity index (χ2v) is 14.8. The zero-order valence-corrected chi connectivity index (χ0v) is 32.5. The fourth-order valence-corrected chi connectivity index (χ4v) is 7.95. The molecule has 240 valence electrons. The summed E-state index contributed by atoms with van der Waals surface area (Å²) in [6, 6.07) is 0. The molecule has 0 aromatic rings. The Kier molecular flexibility index (Phi) is 47.2. The van der Waals surface area contributed by atoms with Crippen LogP contribution in [0, 0.1) is 0 Å². The van der Waals surface area contributed by atoms with E-state index in [1.54, 1.807) is 18.5 Å². The minimum absolute atomic E-state index is 0. The summed E-state index contributed by atoms with van der Waals surface area (Å²) in [6.07, 6.45) is 42.4. The molecular weight excluding hydrogens is 614 g/mol. The molecule has 0 aliphatic carbocycles. The van der Waals surface area contributed by atoms with Crippen LogP contribution in [-0.2, 0) is 4.79 Å². The van der Waals surface area contributed by atoms with E-state index >= 15 is 0 Å². The van der Waals surface area contributed by atoms with Gasteiger partial charge in [-0.2, -0.15) is 0 Å². The van der Waals surface area contributed by atoms with Gasteiger partial charge < -0.3 is 9.90 Å². The minimum atomic E-state index is -0.909. The molecule has 0 spiro atoms. The molecule has 0 unspecified atom stereocenters. The molecule has 0 saturated carbocycles. The molecule has 0 aromatic carbocycles. The van der Waals surface area contributed by atoms with E-state index in [1.165, 1.54) is 161 Å². The van der Waals surface area contributed by atoms with Gasteiger partial charge in [0.25, 0.3) is 0 Å². The van der Waals surface area contributed by atoms with E-state index in [0.717, 1.165) is 12.8 Å². The van der Waals surface area contributed by atoms with Gasteiger partial charge in [0.2, 0.25) is 0 Å². The first-order chi connectivity index (χ1) is 19.1. The maximum absolute atomic E-state index is 10.1. The Hall–Kier alpha value is 0.699. The molecule has 4 heteroatoms. The van der Waals surface area contributed by atoms with Crippen LogP contribution in [0.15, 0.2) is 0 Å². The first-order valence-corrected chi connectivity index (χ1v) is 19.9. The quantitative estimate of drug-likeness (QED) is 0.0413. The van der Waals surface area contributed by atoms with Crippen LogP contribution in [0.4, 0.5) is 0 Å². The summed E-state index contributed by atoms with van der Waals surface area (Å²) in [7, 11) is 0.366. The normalized spacial score (nSPS) is 10.8. The molecule has 0 aliphatic heterocycles. The van der Waals surface area contributed by atoms with Crippen molar-refractivity contribution in [1.29, 1.82) is 0 Å². The van der Waals surface area contributed by atoms with Crippen LogP contribution in [0.3, 0.4) is 0 Å². The summed E-state index contributed by atoms with van der Waals surface area (Å²) >= 11 is 0. The fraction of sp³-hybridized carbons (Fsp3) is 0.972. The molecule has 0 rings (SSSR count). The van der Waals surface area contributed by atoms with Crippen molar-refractivity contribution < 1.29 is 9.90 Å². The SMILES string of the molecule is CCCCCCCCCCCC(=O)[O-].CCCCCCCCP(CCCCCCCC)CCCCCCCC.[SnH+]. The topological polar surface area (TPSA) is 40.1 Å². The predicted octanol–water partition coefficient (Wildman–Crippen LogP) is 11.6. The van der Waals surface area contributed by atoms with Gasteiger partial charge in [-0.1, -0.05) is 175 Å². The zero-order valence-electron chi connectivity index (χ0n) is 28.3. The van der Waals surface area contributed by atoms with Gasteiger partial charge in [0, 0.05) is 5.97 Å². The van der Waals surface area contributed by atoms with Crippen LogP contribution < -0.4 is 5.11 Å². The van der Waals surface area contributed by atoms with Crippen molar-refractivity contribution >= 4 is 37.8 Å². The Morgan fingerprint density at radius 2 is 0.625 bits per heavy atom. The van der Waals surface area contributed by atoms with E-state index in [0.29, 0.717) is 7.92 Å². The molecule has 40 heavy (non-hydrogen) atoms.